The van der Waals surface area contributed by atoms with Crippen LogP contribution < -0.4 is 5.73 Å². The summed E-state index contributed by atoms with van der Waals surface area (Å²) in [7, 11) is 0. The Morgan fingerprint density at radius 3 is 1.74 bits per heavy atom. The molecule has 3 nitrogen and oxygen atoms in total. The molecular formula is C31H59NO2. The normalized spacial score (nSPS) is 14.1. The molecule has 0 radical (unpaired) electrons. The van der Waals surface area contributed by atoms with Crippen molar-refractivity contribution < 1.29 is 9.47 Å². The minimum Gasteiger partial charge on any atom is -0.380 e. The van der Waals surface area contributed by atoms with Crippen LogP contribution in [-0.2, 0) is 9.47 Å². The summed E-state index contributed by atoms with van der Waals surface area (Å²) in [4.78, 5) is 0. The van der Waals surface area contributed by atoms with Gasteiger partial charge in [-0.2, -0.15) is 0 Å². The Kier molecular flexibility index (Phi) is 27.6. The summed E-state index contributed by atoms with van der Waals surface area (Å²) in [6.07, 6.45) is 34.6. The largest absolute Gasteiger partial charge is 0.380 e. The van der Waals surface area contributed by atoms with Crippen molar-refractivity contribution in [3.05, 3.63) is 36.5 Å². The Morgan fingerprint density at radius 2 is 1.09 bits per heavy atom. The lowest BCUT2D eigenvalue weighted by atomic mass is 10.1. The van der Waals surface area contributed by atoms with Gasteiger partial charge in [-0.05, 0) is 57.8 Å². The predicted octanol–water partition coefficient (Wildman–Crippen LogP) is 9.08. The van der Waals surface area contributed by atoms with Crippen molar-refractivity contribution >= 4 is 0 Å². The van der Waals surface area contributed by atoms with Crippen LogP contribution in [0.3, 0.4) is 0 Å². The first-order valence-corrected chi connectivity index (χ1v) is 14.7. The van der Waals surface area contributed by atoms with E-state index in [4.69, 9.17) is 15.2 Å². The van der Waals surface area contributed by atoms with Crippen molar-refractivity contribution in [3.63, 3.8) is 0 Å². The number of nitrogens with two attached hydrogens (primary N) is 1. The van der Waals surface area contributed by atoms with Gasteiger partial charge in [0.1, 0.15) is 0 Å². The molecule has 0 aliphatic carbocycles. The van der Waals surface area contributed by atoms with E-state index < -0.39 is 0 Å². The molecule has 200 valence electrons. The maximum Gasteiger partial charge on any atom is 0.0745 e. The molecule has 2 N–H and O–H groups in total. The topological polar surface area (TPSA) is 44.5 Å². The fourth-order valence-electron chi connectivity index (χ4n) is 3.92. The summed E-state index contributed by atoms with van der Waals surface area (Å²) >= 11 is 0. The van der Waals surface area contributed by atoms with Crippen molar-refractivity contribution in [1.29, 1.82) is 0 Å². The van der Waals surface area contributed by atoms with Crippen LogP contribution in [-0.4, -0.2) is 32.0 Å². The van der Waals surface area contributed by atoms with Crippen molar-refractivity contribution in [2.45, 2.75) is 142 Å². The Balaban J connectivity index is 3.56. The average Bonchev–Trinajstić information content (AvgIpc) is 2.85. The SMILES string of the molecule is CCCCC/C=C\C/C=C\C/C=C\CCCCCOC(CC)C(N)COCCCCCCCC. The zero-order valence-corrected chi connectivity index (χ0v) is 23.2. The lowest BCUT2D eigenvalue weighted by molar-refractivity contribution is 0.00218. The van der Waals surface area contributed by atoms with Crippen molar-refractivity contribution in [1.82, 2.24) is 0 Å². The molecule has 2 atom stereocenters. The molecule has 3 heteroatoms. The van der Waals surface area contributed by atoms with Gasteiger partial charge in [0, 0.05) is 13.2 Å². The van der Waals surface area contributed by atoms with Crippen LogP contribution in [0.25, 0.3) is 0 Å². The average molecular weight is 478 g/mol. The molecule has 0 rings (SSSR count). The highest BCUT2D eigenvalue weighted by Gasteiger charge is 2.16. The molecule has 0 aliphatic rings. The number of allylic oxidation sites excluding steroid dienone is 6. The van der Waals surface area contributed by atoms with Crippen molar-refractivity contribution in [3.8, 4) is 0 Å². The van der Waals surface area contributed by atoms with Gasteiger partial charge in [0.05, 0.1) is 18.8 Å². The summed E-state index contributed by atoms with van der Waals surface area (Å²) in [6, 6.07) is -0.0161. The molecule has 0 aromatic heterocycles. The van der Waals surface area contributed by atoms with E-state index in [0.29, 0.717) is 6.61 Å². The molecule has 0 bridgehead atoms. The quantitative estimate of drug-likeness (QED) is 0.0997. The zero-order chi connectivity index (χ0) is 25.0. The van der Waals surface area contributed by atoms with Crippen molar-refractivity contribution in [2.24, 2.45) is 5.73 Å². The molecule has 0 amide bonds. The van der Waals surface area contributed by atoms with E-state index in [-0.39, 0.29) is 12.1 Å². The van der Waals surface area contributed by atoms with Gasteiger partial charge in [-0.15, -0.1) is 0 Å². The van der Waals surface area contributed by atoms with E-state index >= 15 is 0 Å². The molecule has 0 fully saturated rings. The highest BCUT2D eigenvalue weighted by atomic mass is 16.5. The third-order valence-corrected chi connectivity index (χ3v) is 6.20. The van der Waals surface area contributed by atoms with Crippen LogP contribution in [0.1, 0.15) is 130 Å². The number of unbranched alkanes of at least 4 members (excludes halogenated alkanes) is 11. The van der Waals surface area contributed by atoms with Crippen LogP contribution in [0, 0.1) is 0 Å². The van der Waals surface area contributed by atoms with Gasteiger partial charge < -0.3 is 15.2 Å². The minimum absolute atomic E-state index is 0.0161. The second-order valence-corrected chi connectivity index (χ2v) is 9.55. The maximum absolute atomic E-state index is 6.31. The highest BCUT2D eigenvalue weighted by molar-refractivity contribution is 4.97. The summed E-state index contributed by atoms with van der Waals surface area (Å²) in [5, 5.41) is 0. The molecule has 0 spiro atoms. The third kappa shape index (κ3) is 24.2. The summed E-state index contributed by atoms with van der Waals surface area (Å²) in [5.41, 5.74) is 6.31. The molecule has 0 saturated heterocycles. The monoisotopic (exact) mass is 477 g/mol. The summed E-state index contributed by atoms with van der Waals surface area (Å²) < 4.78 is 11.9. The van der Waals surface area contributed by atoms with Crippen LogP contribution >= 0.6 is 0 Å². The number of rotatable bonds is 26. The van der Waals surface area contributed by atoms with E-state index in [0.717, 1.165) is 51.7 Å². The van der Waals surface area contributed by atoms with E-state index in [1.54, 1.807) is 0 Å². The molecule has 0 aromatic carbocycles. The van der Waals surface area contributed by atoms with E-state index in [9.17, 15) is 0 Å². The summed E-state index contributed by atoms with van der Waals surface area (Å²) in [6.45, 7) is 8.91. The van der Waals surface area contributed by atoms with Gasteiger partial charge in [-0.3, -0.25) is 0 Å². The first-order valence-electron chi connectivity index (χ1n) is 14.7. The zero-order valence-electron chi connectivity index (χ0n) is 23.2. The van der Waals surface area contributed by atoms with Gasteiger partial charge in [-0.25, -0.2) is 0 Å². The van der Waals surface area contributed by atoms with Gasteiger partial charge in [0.25, 0.3) is 0 Å². The van der Waals surface area contributed by atoms with E-state index in [2.05, 4.69) is 57.2 Å². The van der Waals surface area contributed by atoms with Gasteiger partial charge in [0.2, 0.25) is 0 Å². The van der Waals surface area contributed by atoms with Crippen LogP contribution in [0.2, 0.25) is 0 Å². The molecule has 0 aliphatic heterocycles. The number of hydrogen-bond donors (Lipinski definition) is 1. The lowest BCUT2D eigenvalue weighted by Gasteiger charge is -2.23. The Labute approximate surface area is 213 Å². The molecule has 0 aromatic rings. The Bertz CT molecular complexity index is 472. The summed E-state index contributed by atoms with van der Waals surface area (Å²) in [5.74, 6) is 0. The second kappa shape index (κ2) is 28.3. The molecule has 2 unspecified atom stereocenters. The maximum atomic E-state index is 6.31. The van der Waals surface area contributed by atoms with Crippen LogP contribution in [0.5, 0.6) is 0 Å². The number of hydrogen-bond acceptors (Lipinski definition) is 3. The predicted molar refractivity (Wildman–Crippen MR) is 151 cm³/mol. The van der Waals surface area contributed by atoms with Crippen LogP contribution in [0.15, 0.2) is 36.5 Å². The smallest absolute Gasteiger partial charge is 0.0745 e. The van der Waals surface area contributed by atoms with Gasteiger partial charge in [0.15, 0.2) is 0 Å². The first kappa shape index (κ1) is 33.1. The van der Waals surface area contributed by atoms with Gasteiger partial charge >= 0.3 is 0 Å². The molecule has 0 heterocycles. The molecule has 34 heavy (non-hydrogen) atoms. The fraction of sp³-hybridized carbons (Fsp3) is 0.806. The lowest BCUT2D eigenvalue weighted by Crippen LogP contribution is -2.40. The minimum atomic E-state index is -0.0161. The van der Waals surface area contributed by atoms with Crippen LogP contribution in [0.4, 0.5) is 0 Å². The Hall–Kier alpha value is -0.900. The molecular weight excluding hydrogens is 418 g/mol. The Morgan fingerprint density at radius 1 is 0.588 bits per heavy atom. The highest BCUT2D eigenvalue weighted by Crippen LogP contribution is 2.09. The standard InChI is InChI=1S/C31H59NO2/c1-4-7-9-11-13-14-15-16-17-18-19-20-21-22-24-26-28-34-31(6-3)30(32)29-33-27-25-23-12-10-8-5-2/h13-14,16-17,19-20,30-31H,4-12,15,18,21-29,32H2,1-3H3/b14-13-,17-16-,20-19-. The second-order valence-electron chi connectivity index (χ2n) is 9.55. The third-order valence-electron chi connectivity index (χ3n) is 6.20. The molecule has 0 saturated carbocycles. The number of ether oxygens (including phenoxy) is 2. The van der Waals surface area contributed by atoms with E-state index in [1.165, 1.54) is 70.6 Å². The van der Waals surface area contributed by atoms with Gasteiger partial charge in [-0.1, -0.05) is 109 Å². The first-order chi connectivity index (χ1) is 16.8. The fourth-order valence-corrected chi connectivity index (χ4v) is 3.92. The van der Waals surface area contributed by atoms with Crippen molar-refractivity contribution in [2.75, 3.05) is 19.8 Å². The van der Waals surface area contributed by atoms with E-state index in [1.807, 2.05) is 0 Å².